The number of nitrogens with one attached hydrogen (secondary N) is 1. The van der Waals surface area contributed by atoms with E-state index in [-0.39, 0.29) is 30.1 Å². The largest absolute Gasteiger partial charge is 0.480 e. The Balaban J connectivity index is 1.98. The lowest BCUT2D eigenvalue weighted by Gasteiger charge is -2.36. The molecule has 1 fully saturated rings. The molecule has 0 radical (unpaired) electrons. The van der Waals surface area contributed by atoms with E-state index in [9.17, 15) is 9.59 Å². The van der Waals surface area contributed by atoms with Crippen LogP contribution in [0.25, 0.3) is 0 Å². The first-order chi connectivity index (χ1) is 13.3. The van der Waals surface area contributed by atoms with Crippen LogP contribution in [0.1, 0.15) is 52.0 Å². The molecule has 0 saturated carbocycles. The molecule has 1 heterocycles. The summed E-state index contributed by atoms with van der Waals surface area (Å²) >= 11 is 0. The minimum absolute atomic E-state index is 0.0163. The van der Waals surface area contributed by atoms with Crippen molar-refractivity contribution < 1.29 is 14.7 Å². The van der Waals surface area contributed by atoms with E-state index in [1.54, 1.807) is 0 Å². The van der Waals surface area contributed by atoms with Gasteiger partial charge in [-0.1, -0.05) is 51.1 Å². The molecule has 2 atom stereocenters. The number of carbonyl (C=O) groups excluding carboxylic acids is 1. The van der Waals surface area contributed by atoms with Gasteiger partial charge in [-0.05, 0) is 38.3 Å². The first-order valence-electron chi connectivity index (χ1n) is 10.3. The average Bonchev–Trinajstić information content (AvgIpc) is 2.92. The molecule has 1 saturated heterocycles. The van der Waals surface area contributed by atoms with E-state index in [4.69, 9.17) is 5.11 Å². The number of likely N-dealkylation sites (tertiary alicyclic amines) is 1. The zero-order valence-corrected chi connectivity index (χ0v) is 17.6. The van der Waals surface area contributed by atoms with Crippen LogP contribution in [0.5, 0.6) is 0 Å². The molecule has 2 unspecified atom stereocenters. The molecular weight excluding hydrogens is 354 g/mol. The molecule has 156 valence electrons. The number of likely N-dealkylation sites (N-methyl/N-ethyl adjacent to an activating group) is 1. The number of nitrogens with zero attached hydrogens (tertiary/aromatic N) is 2. The molecule has 2 amide bonds. The number of hydrogen-bond donors (Lipinski definition) is 2. The van der Waals surface area contributed by atoms with Gasteiger partial charge in [-0.25, -0.2) is 4.79 Å². The summed E-state index contributed by atoms with van der Waals surface area (Å²) in [6, 6.07) is 10.5. The van der Waals surface area contributed by atoms with E-state index in [1.165, 1.54) is 5.56 Å². The van der Waals surface area contributed by atoms with Gasteiger partial charge in [-0.2, -0.15) is 0 Å². The Morgan fingerprint density at radius 2 is 1.93 bits per heavy atom. The highest BCUT2D eigenvalue weighted by Gasteiger charge is 2.33. The summed E-state index contributed by atoms with van der Waals surface area (Å²) in [5.41, 5.74) is 1.05. The van der Waals surface area contributed by atoms with Crippen molar-refractivity contribution in [3.05, 3.63) is 35.9 Å². The molecule has 2 rings (SSSR count). The van der Waals surface area contributed by atoms with Crippen LogP contribution in [-0.2, 0) is 10.2 Å². The van der Waals surface area contributed by atoms with Gasteiger partial charge < -0.3 is 15.3 Å². The summed E-state index contributed by atoms with van der Waals surface area (Å²) in [6.45, 7) is 7.87. The first-order valence-corrected chi connectivity index (χ1v) is 10.3. The summed E-state index contributed by atoms with van der Waals surface area (Å²) in [5, 5.41) is 12.3. The number of hydrogen-bond acceptors (Lipinski definition) is 3. The van der Waals surface area contributed by atoms with E-state index < -0.39 is 5.97 Å². The van der Waals surface area contributed by atoms with E-state index >= 15 is 0 Å². The highest BCUT2D eigenvalue weighted by atomic mass is 16.4. The van der Waals surface area contributed by atoms with Gasteiger partial charge in [0.05, 0.1) is 6.54 Å². The Morgan fingerprint density at radius 1 is 1.25 bits per heavy atom. The smallest absolute Gasteiger partial charge is 0.317 e. The summed E-state index contributed by atoms with van der Waals surface area (Å²) in [4.78, 5) is 27.7. The van der Waals surface area contributed by atoms with Crippen molar-refractivity contribution >= 4 is 12.0 Å². The highest BCUT2D eigenvalue weighted by molar-refractivity contribution is 5.74. The summed E-state index contributed by atoms with van der Waals surface area (Å²) < 4.78 is 0. The lowest BCUT2D eigenvalue weighted by Crippen LogP contribution is -2.52. The van der Waals surface area contributed by atoms with Crippen LogP contribution < -0.4 is 5.32 Å². The predicted molar refractivity (Wildman–Crippen MR) is 112 cm³/mol. The van der Waals surface area contributed by atoms with E-state index in [0.29, 0.717) is 13.1 Å². The molecule has 1 aromatic carbocycles. The average molecular weight is 390 g/mol. The van der Waals surface area contributed by atoms with Crippen LogP contribution in [0.3, 0.4) is 0 Å². The second kappa shape index (κ2) is 9.92. The fraction of sp³-hybridized carbons (Fsp3) is 0.636. The number of aliphatic carboxylic acids is 1. The van der Waals surface area contributed by atoms with Crippen molar-refractivity contribution in [2.75, 3.05) is 26.7 Å². The highest BCUT2D eigenvalue weighted by Crippen LogP contribution is 2.29. The molecule has 1 aromatic rings. The van der Waals surface area contributed by atoms with Crippen molar-refractivity contribution in [3.8, 4) is 0 Å². The van der Waals surface area contributed by atoms with E-state index in [1.807, 2.05) is 35.0 Å². The number of carboxylic acid groups (broad SMARTS) is 1. The lowest BCUT2D eigenvalue weighted by atomic mass is 9.76. The van der Waals surface area contributed by atoms with Gasteiger partial charge in [-0.15, -0.1) is 0 Å². The number of benzene rings is 1. The van der Waals surface area contributed by atoms with E-state index in [2.05, 4.69) is 38.2 Å². The van der Waals surface area contributed by atoms with Gasteiger partial charge in [0, 0.05) is 30.6 Å². The Bertz CT molecular complexity index is 648. The topological polar surface area (TPSA) is 72.9 Å². The molecular formula is C22H35N3O3. The maximum Gasteiger partial charge on any atom is 0.317 e. The van der Waals surface area contributed by atoms with Crippen molar-refractivity contribution in [3.63, 3.8) is 0 Å². The van der Waals surface area contributed by atoms with Gasteiger partial charge in [0.2, 0.25) is 0 Å². The monoisotopic (exact) mass is 389 g/mol. The summed E-state index contributed by atoms with van der Waals surface area (Å²) in [7, 11) is 1.85. The minimum atomic E-state index is -0.810. The molecule has 0 spiro atoms. The Labute approximate surface area is 168 Å². The quantitative estimate of drug-likeness (QED) is 0.750. The van der Waals surface area contributed by atoms with Crippen LogP contribution in [0.4, 0.5) is 4.79 Å². The standard InChI is InChI=1S/C22H35N3O3/c1-5-19(22(2,3)17-10-7-6-8-11-17)23-21(28)25-14-9-12-18(13-15-25)24(4)16-20(26)27/h6-8,10-11,18-19H,5,9,12-16H2,1-4H3,(H,23,28)(H,26,27). The molecule has 2 N–H and O–H groups in total. The van der Waals surface area contributed by atoms with Crippen LogP contribution in [0.2, 0.25) is 0 Å². The SMILES string of the molecule is CCC(NC(=O)N1CCCC(N(C)CC(=O)O)CC1)C(C)(C)c1ccccc1. The normalized spacial score (nSPS) is 19.2. The van der Waals surface area contributed by atoms with E-state index in [0.717, 1.165) is 25.7 Å². The van der Waals surface area contributed by atoms with Crippen LogP contribution in [-0.4, -0.2) is 65.7 Å². The number of carboxylic acids is 1. The molecule has 1 aliphatic heterocycles. The van der Waals surface area contributed by atoms with Crippen molar-refractivity contribution in [1.82, 2.24) is 15.1 Å². The predicted octanol–water partition coefficient (Wildman–Crippen LogP) is 3.32. The molecule has 0 aliphatic carbocycles. The van der Waals surface area contributed by atoms with Crippen LogP contribution in [0.15, 0.2) is 30.3 Å². The fourth-order valence-electron chi connectivity index (χ4n) is 4.17. The Kier molecular flexibility index (Phi) is 7.87. The molecule has 0 aromatic heterocycles. The third kappa shape index (κ3) is 5.71. The second-order valence-corrected chi connectivity index (χ2v) is 8.38. The zero-order chi connectivity index (χ0) is 20.7. The van der Waals surface area contributed by atoms with Crippen LogP contribution >= 0.6 is 0 Å². The zero-order valence-electron chi connectivity index (χ0n) is 17.6. The van der Waals surface area contributed by atoms with Gasteiger partial charge in [-0.3, -0.25) is 9.69 Å². The third-order valence-electron chi connectivity index (χ3n) is 6.09. The van der Waals surface area contributed by atoms with Crippen molar-refractivity contribution in [1.29, 1.82) is 0 Å². The van der Waals surface area contributed by atoms with Gasteiger partial charge >= 0.3 is 12.0 Å². The Morgan fingerprint density at radius 3 is 2.54 bits per heavy atom. The number of amides is 2. The number of carbonyl (C=O) groups is 2. The van der Waals surface area contributed by atoms with Crippen molar-refractivity contribution in [2.24, 2.45) is 0 Å². The minimum Gasteiger partial charge on any atom is -0.480 e. The fourth-order valence-corrected chi connectivity index (χ4v) is 4.17. The summed E-state index contributed by atoms with van der Waals surface area (Å²) in [5.74, 6) is -0.810. The van der Waals surface area contributed by atoms with Crippen LogP contribution in [0, 0.1) is 0 Å². The maximum absolute atomic E-state index is 13.0. The molecule has 28 heavy (non-hydrogen) atoms. The molecule has 6 nitrogen and oxygen atoms in total. The maximum atomic E-state index is 13.0. The number of rotatable bonds is 7. The third-order valence-corrected chi connectivity index (χ3v) is 6.09. The van der Waals surface area contributed by atoms with Crippen molar-refractivity contribution in [2.45, 2.75) is 64.0 Å². The molecule has 1 aliphatic rings. The second-order valence-electron chi connectivity index (χ2n) is 8.38. The molecule has 0 bridgehead atoms. The summed E-state index contributed by atoms with van der Waals surface area (Å²) in [6.07, 6.45) is 3.46. The lowest BCUT2D eigenvalue weighted by molar-refractivity contribution is -0.138. The molecule has 6 heteroatoms. The first kappa shape index (κ1) is 22.2. The van der Waals surface area contributed by atoms with Gasteiger partial charge in [0.1, 0.15) is 0 Å². The van der Waals surface area contributed by atoms with Gasteiger partial charge in [0.15, 0.2) is 0 Å². The number of urea groups is 1. The Hall–Kier alpha value is -2.08. The van der Waals surface area contributed by atoms with Gasteiger partial charge in [0.25, 0.3) is 0 Å².